The summed E-state index contributed by atoms with van der Waals surface area (Å²) in [6.07, 6.45) is 0.337. The molecule has 0 spiro atoms. The van der Waals surface area contributed by atoms with Crippen LogP contribution in [0.1, 0.15) is 11.4 Å². The lowest BCUT2D eigenvalue weighted by molar-refractivity contribution is 0.415. The Balaban J connectivity index is 1.58. The lowest BCUT2D eigenvalue weighted by atomic mass is 10.1. The largest absolute Gasteiger partial charge is 0.505 e. The van der Waals surface area contributed by atoms with Crippen LogP contribution < -0.4 is 10.1 Å². The average molecular weight is 373 g/mol. The topological polar surface area (TPSA) is 107 Å². The minimum atomic E-state index is -0.679. The Labute approximate surface area is 153 Å². The summed E-state index contributed by atoms with van der Waals surface area (Å²) >= 11 is 1.08. The standard InChI is InChI=1S/C17H16FN5O2S/c1-25-12-5-3-11(4-6-12)20-16(19)26-17-21-15(22-23-17)9-10-2-7-14(24)13(18)8-10/h2-8,24H,9H2,1H3,(H2,19,20)(H,21,22,23). The van der Waals surface area contributed by atoms with Gasteiger partial charge in [-0.1, -0.05) is 6.07 Å². The molecule has 3 aromatic rings. The number of anilines is 1. The maximum atomic E-state index is 13.4. The van der Waals surface area contributed by atoms with Crippen molar-refractivity contribution in [3.8, 4) is 11.5 Å². The number of aromatic nitrogens is 3. The zero-order chi connectivity index (χ0) is 18.5. The number of hydrogen-bond donors (Lipinski definition) is 4. The van der Waals surface area contributed by atoms with Crippen LogP contribution in [0.3, 0.4) is 0 Å². The molecule has 3 rings (SSSR count). The van der Waals surface area contributed by atoms with Gasteiger partial charge in [-0.05, 0) is 53.7 Å². The number of phenolic OH excluding ortho intramolecular Hbond substituents is 1. The molecule has 0 radical (unpaired) electrons. The number of halogens is 1. The second kappa shape index (κ2) is 7.87. The zero-order valence-electron chi connectivity index (χ0n) is 13.8. The first-order valence-corrected chi connectivity index (χ1v) is 8.41. The van der Waals surface area contributed by atoms with Gasteiger partial charge in [0, 0.05) is 12.1 Å². The van der Waals surface area contributed by atoms with Crippen LogP contribution in [-0.2, 0) is 6.42 Å². The van der Waals surface area contributed by atoms with Crippen LogP contribution in [0.5, 0.6) is 11.5 Å². The van der Waals surface area contributed by atoms with E-state index in [2.05, 4.69) is 20.5 Å². The summed E-state index contributed by atoms with van der Waals surface area (Å²) in [4.78, 5) is 2.99. The van der Waals surface area contributed by atoms with Crippen LogP contribution >= 0.6 is 11.8 Å². The third kappa shape index (κ3) is 4.51. The summed E-state index contributed by atoms with van der Waals surface area (Å²) in [5, 5.41) is 28.7. The molecular formula is C17H16FN5O2S. The first kappa shape index (κ1) is 17.7. The monoisotopic (exact) mass is 373 g/mol. The van der Waals surface area contributed by atoms with E-state index in [4.69, 9.17) is 10.1 Å². The summed E-state index contributed by atoms with van der Waals surface area (Å²) in [5.41, 5.74) is 1.40. The Morgan fingerprint density at radius 2 is 2.04 bits per heavy atom. The number of ether oxygens (including phenoxy) is 1. The van der Waals surface area contributed by atoms with E-state index >= 15 is 0 Å². The highest BCUT2D eigenvalue weighted by Gasteiger charge is 2.09. The SMILES string of the molecule is COc1ccc(NC(=N)Sc2nnc(Cc3ccc(O)c(F)c3)[nH]2)cc1. The van der Waals surface area contributed by atoms with Gasteiger partial charge < -0.3 is 20.1 Å². The lowest BCUT2D eigenvalue weighted by Crippen LogP contribution is -2.06. The predicted octanol–water partition coefficient (Wildman–Crippen LogP) is 3.39. The van der Waals surface area contributed by atoms with Crippen molar-refractivity contribution in [2.24, 2.45) is 0 Å². The van der Waals surface area contributed by atoms with E-state index in [-0.39, 0.29) is 10.9 Å². The molecule has 26 heavy (non-hydrogen) atoms. The minimum Gasteiger partial charge on any atom is -0.505 e. The fourth-order valence-electron chi connectivity index (χ4n) is 2.19. The van der Waals surface area contributed by atoms with Crippen molar-refractivity contribution in [1.29, 1.82) is 5.41 Å². The van der Waals surface area contributed by atoms with Crippen LogP contribution in [0.25, 0.3) is 0 Å². The van der Waals surface area contributed by atoms with Gasteiger partial charge in [0.15, 0.2) is 21.9 Å². The van der Waals surface area contributed by atoms with Crippen molar-refractivity contribution in [2.45, 2.75) is 11.6 Å². The molecule has 1 heterocycles. The number of nitrogens with one attached hydrogen (secondary N) is 3. The van der Waals surface area contributed by atoms with Crippen molar-refractivity contribution in [3.63, 3.8) is 0 Å². The number of aromatic hydroxyl groups is 1. The van der Waals surface area contributed by atoms with Gasteiger partial charge in [-0.25, -0.2) is 4.39 Å². The fourth-order valence-corrected chi connectivity index (χ4v) is 2.80. The molecule has 0 bridgehead atoms. The summed E-state index contributed by atoms with van der Waals surface area (Å²) in [6, 6.07) is 11.4. The molecular weight excluding hydrogens is 357 g/mol. The molecule has 0 aliphatic heterocycles. The second-order valence-electron chi connectivity index (χ2n) is 5.32. The lowest BCUT2D eigenvalue weighted by Gasteiger charge is -2.06. The van der Waals surface area contributed by atoms with Crippen molar-refractivity contribution in [3.05, 3.63) is 59.7 Å². The number of amidine groups is 1. The third-order valence-electron chi connectivity index (χ3n) is 3.44. The quantitative estimate of drug-likeness (QED) is 0.310. The highest BCUT2D eigenvalue weighted by atomic mass is 32.2. The molecule has 0 unspecified atom stereocenters. The molecule has 0 aliphatic rings. The van der Waals surface area contributed by atoms with Crippen LogP contribution in [0.15, 0.2) is 47.6 Å². The van der Waals surface area contributed by atoms with Crippen LogP contribution in [-0.4, -0.2) is 32.6 Å². The highest BCUT2D eigenvalue weighted by molar-refractivity contribution is 8.13. The van der Waals surface area contributed by atoms with E-state index in [9.17, 15) is 9.50 Å². The van der Waals surface area contributed by atoms with Gasteiger partial charge in [0.1, 0.15) is 11.6 Å². The van der Waals surface area contributed by atoms with E-state index < -0.39 is 5.82 Å². The molecule has 0 aliphatic carbocycles. The van der Waals surface area contributed by atoms with E-state index in [1.807, 2.05) is 0 Å². The van der Waals surface area contributed by atoms with Crippen molar-refractivity contribution in [2.75, 3.05) is 12.4 Å². The maximum Gasteiger partial charge on any atom is 0.196 e. The van der Waals surface area contributed by atoms with E-state index in [1.165, 1.54) is 12.1 Å². The molecule has 7 nitrogen and oxygen atoms in total. The summed E-state index contributed by atoms with van der Waals surface area (Å²) in [5.74, 6) is 0.206. The molecule has 4 N–H and O–H groups in total. The molecule has 134 valence electrons. The van der Waals surface area contributed by atoms with Gasteiger partial charge >= 0.3 is 0 Å². The van der Waals surface area contributed by atoms with E-state index in [1.54, 1.807) is 37.4 Å². The van der Waals surface area contributed by atoms with Gasteiger partial charge in [0.25, 0.3) is 0 Å². The van der Waals surface area contributed by atoms with Crippen molar-refractivity contribution in [1.82, 2.24) is 15.2 Å². The predicted molar refractivity (Wildman–Crippen MR) is 97.5 cm³/mol. The Bertz CT molecular complexity index is 914. The Morgan fingerprint density at radius 1 is 1.27 bits per heavy atom. The minimum absolute atomic E-state index is 0.175. The number of nitrogens with zero attached hydrogens (tertiary/aromatic N) is 2. The Hall–Kier alpha value is -3.07. The van der Waals surface area contributed by atoms with Crippen molar-refractivity contribution >= 4 is 22.6 Å². The number of benzene rings is 2. The molecule has 2 aromatic carbocycles. The van der Waals surface area contributed by atoms with E-state index in [0.29, 0.717) is 23.0 Å². The molecule has 0 saturated carbocycles. The van der Waals surface area contributed by atoms with Crippen LogP contribution in [0.2, 0.25) is 0 Å². The van der Waals surface area contributed by atoms with Gasteiger partial charge in [-0.2, -0.15) is 0 Å². The summed E-state index contributed by atoms with van der Waals surface area (Å²) < 4.78 is 18.5. The highest BCUT2D eigenvalue weighted by Crippen LogP contribution is 2.21. The number of H-pyrrole nitrogens is 1. The summed E-state index contributed by atoms with van der Waals surface area (Å²) in [7, 11) is 1.59. The van der Waals surface area contributed by atoms with Gasteiger partial charge in [-0.15, -0.1) is 10.2 Å². The average Bonchev–Trinajstić information content (AvgIpc) is 3.05. The molecule has 9 heteroatoms. The van der Waals surface area contributed by atoms with Gasteiger partial charge in [-0.3, -0.25) is 5.41 Å². The molecule has 0 saturated heterocycles. The summed E-state index contributed by atoms with van der Waals surface area (Å²) in [6.45, 7) is 0. The number of aromatic amines is 1. The van der Waals surface area contributed by atoms with Crippen LogP contribution in [0, 0.1) is 11.2 Å². The Morgan fingerprint density at radius 3 is 2.73 bits per heavy atom. The number of phenols is 1. The van der Waals surface area contributed by atoms with E-state index in [0.717, 1.165) is 23.2 Å². The first-order valence-electron chi connectivity index (χ1n) is 7.60. The first-order chi connectivity index (χ1) is 12.5. The molecule has 1 aromatic heterocycles. The van der Waals surface area contributed by atoms with Crippen LogP contribution in [0.4, 0.5) is 10.1 Å². The maximum absolute atomic E-state index is 13.4. The number of thioether (sulfide) groups is 1. The number of rotatable bonds is 5. The molecule has 0 fully saturated rings. The molecule has 0 amide bonds. The zero-order valence-corrected chi connectivity index (χ0v) is 14.6. The normalized spacial score (nSPS) is 10.5. The number of hydrogen-bond acceptors (Lipinski definition) is 6. The third-order valence-corrected chi connectivity index (χ3v) is 4.13. The van der Waals surface area contributed by atoms with Gasteiger partial charge in [0.2, 0.25) is 0 Å². The van der Waals surface area contributed by atoms with Crippen molar-refractivity contribution < 1.29 is 14.2 Å². The second-order valence-corrected chi connectivity index (χ2v) is 6.32. The Kier molecular flexibility index (Phi) is 5.37. The fraction of sp³-hybridized carbons (Fsp3) is 0.118. The number of methoxy groups -OCH3 is 1. The smallest absolute Gasteiger partial charge is 0.196 e. The molecule has 0 atom stereocenters. The van der Waals surface area contributed by atoms with Gasteiger partial charge in [0.05, 0.1) is 7.11 Å².